The molecule has 2 aliphatic heterocycles. The number of hydrogen-bond acceptors (Lipinski definition) is 4. The number of para-hydroxylation sites is 4. The van der Waals surface area contributed by atoms with Crippen molar-refractivity contribution in [2.24, 2.45) is 0 Å². The Kier molecular flexibility index (Phi) is 7.98. The van der Waals surface area contributed by atoms with Gasteiger partial charge < -0.3 is 19.3 Å². The summed E-state index contributed by atoms with van der Waals surface area (Å²) in [6, 6.07) is 68.8. The number of hydrogen-bond donors (Lipinski definition) is 0. The summed E-state index contributed by atoms with van der Waals surface area (Å²) in [5, 5.41) is 0. The van der Waals surface area contributed by atoms with Crippen LogP contribution in [-0.4, -0.2) is 6.71 Å². The van der Waals surface area contributed by atoms with E-state index >= 15 is 0 Å². The summed E-state index contributed by atoms with van der Waals surface area (Å²) in [5.74, 6) is 3.82. The molecular formula is C62H47BN2O2. The molecular weight excluding hydrogens is 816 g/mol. The molecule has 0 unspecified atom stereocenters. The number of aryl methyl sites for hydroxylation is 1. The Morgan fingerprint density at radius 2 is 0.806 bits per heavy atom. The average molecular weight is 863 g/mol. The van der Waals surface area contributed by atoms with E-state index in [4.69, 9.17) is 9.47 Å². The first-order valence-electron chi connectivity index (χ1n) is 23.7. The quantitative estimate of drug-likeness (QED) is 0.156. The summed E-state index contributed by atoms with van der Waals surface area (Å²) >= 11 is 0. The maximum Gasteiger partial charge on any atom is 0.260 e. The molecule has 5 aliphatic rings. The molecule has 320 valence electrons. The van der Waals surface area contributed by atoms with Gasteiger partial charge in [0.2, 0.25) is 0 Å². The third-order valence-electron chi connectivity index (χ3n) is 15.6. The van der Waals surface area contributed by atoms with Crippen LogP contribution in [0.1, 0.15) is 61.1 Å². The molecule has 67 heavy (non-hydrogen) atoms. The second-order valence-electron chi connectivity index (χ2n) is 20.0. The van der Waals surface area contributed by atoms with Crippen LogP contribution in [0.15, 0.2) is 188 Å². The Balaban J connectivity index is 0.905. The normalized spacial score (nSPS) is 15.2. The van der Waals surface area contributed by atoms with E-state index in [-0.39, 0.29) is 17.5 Å². The Labute approximate surface area is 392 Å². The van der Waals surface area contributed by atoms with Crippen molar-refractivity contribution < 1.29 is 9.47 Å². The number of rotatable bonds is 6. The molecule has 3 aliphatic carbocycles. The van der Waals surface area contributed by atoms with Crippen molar-refractivity contribution in [3.05, 3.63) is 221 Å². The molecule has 9 aromatic rings. The predicted molar refractivity (Wildman–Crippen MR) is 276 cm³/mol. The van der Waals surface area contributed by atoms with Gasteiger partial charge in [0.15, 0.2) is 0 Å². The lowest BCUT2D eigenvalue weighted by Crippen LogP contribution is -2.58. The minimum atomic E-state index is -0.265. The fraction of sp³-hybridized carbons (Fsp3) is 0.129. The van der Waals surface area contributed by atoms with E-state index in [1.54, 1.807) is 0 Å². The van der Waals surface area contributed by atoms with E-state index < -0.39 is 0 Å². The maximum atomic E-state index is 7.19. The molecule has 2 heterocycles. The van der Waals surface area contributed by atoms with Gasteiger partial charge in [-0.25, -0.2) is 0 Å². The van der Waals surface area contributed by atoms with E-state index in [2.05, 4.69) is 226 Å². The standard InChI is InChI=1S/C62H47BN2O2/c1-61(2)50-32-43(64(39-17-9-5-10-18-39)40-19-11-6-12-20-40)26-29-46(50)48-34-56-54(36-52(48)61)63-55-37-53-49(35-57(55)67-60-45-28-25-38(45)31-58(66-56)59(60)63)47-30-27-44(33-51(47)62(53,3)4)65(41-21-13-7-14-22-41)42-23-15-8-16-24-42/h5-24,26-27,29-37H,25,28H2,1-4H3. The molecule has 5 heteroatoms. The molecule has 0 N–H and O–H groups in total. The van der Waals surface area contributed by atoms with Crippen LogP contribution in [0.5, 0.6) is 23.0 Å². The summed E-state index contributed by atoms with van der Waals surface area (Å²) in [6.45, 7) is 9.53. The largest absolute Gasteiger partial charge is 0.458 e. The number of benzene rings is 9. The zero-order chi connectivity index (χ0) is 44.8. The third kappa shape index (κ3) is 5.49. The molecule has 0 saturated heterocycles. The summed E-state index contributed by atoms with van der Waals surface area (Å²) < 4.78 is 14.3. The van der Waals surface area contributed by atoms with Gasteiger partial charge in [0.25, 0.3) is 6.71 Å². The number of ether oxygens (including phenoxy) is 2. The molecule has 0 amide bonds. The van der Waals surface area contributed by atoms with Gasteiger partial charge in [-0.15, -0.1) is 0 Å². The number of fused-ring (bicyclic) bond motifs is 12. The van der Waals surface area contributed by atoms with Crippen LogP contribution in [-0.2, 0) is 23.7 Å². The first-order valence-corrected chi connectivity index (χ1v) is 23.7. The van der Waals surface area contributed by atoms with Crippen molar-refractivity contribution in [2.45, 2.75) is 51.4 Å². The monoisotopic (exact) mass is 862 g/mol. The van der Waals surface area contributed by atoms with E-state index in [1.165, 1.54) is 72.0 Å². The SMILES string of the molecule is CC1(C)c2cc(N(c3ccccc3)c3ccccc3)ccc2-c2cc3c(cc21)B1c2cc4c(cc2Oc2c5c(cc(c21)O3)CC5)-c1ccc(N(c2ccccc2)c2ccccc2)cc1C4(C)C. The topological polar surface area (TPSA) is 24.9 Å². The highest BCUT2D eigenvalue weighted by Crippen LogP contribution is 2.55. The first-order chi connectivity index (χ1) is 32.7. The molecule has 0 aromatic heterocycles. The van der Waals surface area contributed by atoms with Crippen LogP contribution in [0.4, 0.5) is 34.1 Å². The van der Waals surface area contributed by atoms with Gasteiger partial charge in [0.1, 0.15) is 23.0 Å². The van der Waals surface area contributed by atoms with Gasteiger partial charge in [0, 0.05) is 50.4 Å². The van der Waals surface area contributed by atoms with E-state index in [1.807, 2.05) is 0 Å². The molecule has 0 spiro atoms. The van der Waals surface area contributed by atoms with Crippen molar-refractivity contribution in [1.29, 1.82) is 0 Å². The van der Waals surface area contributed by atoms with E-state index in [9.17, 15) is 0 Å². The fourth-order valence-electron chi connectivity index (χ4n) is 12.1. The summed E-state index contributed by atoms with van der Waals surface area (Å²) in [7, 11) is 0. The van der Waals surface area contributed by atoms with Crippen molar-refractivity contribution in [3.8, 4) is 45.3 Å². The Bertz CT molecular complexity index is 3430. The summed E-state index contributed by atoms with van der Waals surface area (Å²) in [4.78, 5) is 4.73. The van der Waals surface area contributed by atoms with Crippen LogP contribution >= 0.6 is 0 Å². The molecule has 0 bridgehead atoms. The average Bonchev–Trinajstić information content (AvgIpc) is 3.70. The Morgan fingerprint density at radius 3 is 1.22 bits per heavy atom. The van der Waals surface area contributed by atoms with Gasteiger partial charge in [-0.1, -0.05) is 125 Å². The summed E-state index contributed by atoms with van der Waals surface area (Å²) in [5.41, 5.74) is 22.9. The lowest BCUT2D eigenvalue weighted by molar-refractivity contribution is 0.454. The van der Waals surface area contributed by atoms with Gasteiger partial charge >= 0.3 is 0 Å². The minimum absolute atomic E-state index is 0.0394. The zero-order valence-electron chi connectivity index (χ0n) is 38.1. The van der Waals surface area contributed by atoms with Crippen molar-refractivity contribution in [1.82, 2.24) is 0 Å². The van der Waals surface area contributed by atoms with Crippen LogP contribution in [0.3, 0.4) is 0 Å². The molecule has 9 aromatic carbocycles. The smallest absolute Gasteiger partial charge is 0.260 e. The van der Waals surface area contributed by atoms with Crippen LogP contribution in [0, 0.1) is 0 Å². The fourth-order valence-corrected chi connectivity index (χ4v) is 12.1. The highest BCUT2D eigenvalue weighted by molar-refractivity contribution is 6.98. The lowest BCUT2D eigenvalue weighted by Gasteiger charge is -2.38. The van der Waals surface area contributed by atoms with Gasteiger partial charge in [-0.3, -0.25) is 0 Å². The molecule has 0 radical (unpaired) electrons. The van der Waals surface area contributed by atoms with Crippen molar-refractivity contribution in [3.63, 3.8) is 0 Å². The van der Waals surface area contributed by atoms with E-state index in [0.717, 1.165) is 70.0 Å². The second kappa shape index (κ2) is 13.9. The van der Waals surface area contributed by atoms with Crippen LogP contribution < -0.4 is 35.7 Å². The number of anilines is 6. The summed E-state index contributed by atoms with van der Waals surface area (Å²) in [6.07, 6.45) is 2.06. The van der Waals surface area contributed by atoms with Crippen molar-refractivity contribution >= 4 is 57.2 Å². The minimum Gasteiger partial charge on any atom is -0.458 e. The lowest BCUT2D eigenvalue weighted by atomic mass is 9.34. The molecule has 4 nitrogen and oxygen atoms in total. The molecule has 14 rings (SSSR count). The first kappa shape index (κ1) is 38.5. The van der Waals surface area contributed by atoms with Crippen molar-refractivity contribution in [2.75, 3.05) is 9.80 Å². The van der Waals surface area contributed by atoms with Crippen LogP contribution in [0.2, 0.25) is 0 Å². The van der Waals surface area contributed by atoms with Crippen LogP contribution in [0.25, 0.3) is 22.3 Å². The Hall–Kier alpha value is -7.76. The molecule has 0 saturated carbocycles. The highest BCUT2D eigenvalue weighted by atomic mass is 16.5. The molecule has 0 fully saturated rings. The second-order valence-corrected chi connectivity index (χ2v) is 20.0. The Morgan fingerprint density at radius 1 is 0.388 bits per heavy atom. The molecule has 0 atom stereocenters. The van der Waals surface area contributed by atoms with Gasteiger partial charge in [0.05, 0.1) is 0 Å². The third-order valence-corrected chi connectivity index (χ3v) is 15.6. The van der Waals surface area contributed by atoms with Gasteiger partial charge in [-0.05, 0) is 170 Å². The van der Waals surface area contributed by atoms with Gasteiger partial charge in [-0.2, -0.15) is 0 Å². The maximum absolute atomic E-state index is 7.19. The van der Waals surface area contributed by atoms with E-state index in [0.29, 0.717) is 0 Å². The predicted octanol–water partition coefficient (Wildman–Crippen LogP) is 14.1. The highest BCUT2D eigenvalue weighted by Gasteiger charge is 2.47. The zero-order valence-corrected chi connectivity index (χ0v) is 38.1. The number of nitrogens with zero attached hydrogens (tertiary/aromatic N) is 2.